The third-order valence-electron chi connectivity index (χ3n) is 11.7. The molecule has 2 aromatic heterocycles. The summed E-state index contributed by atoms with van der Waals surface area (Å²) in [5, 5.41) is 5.04. The highest BCUT2D eigenvalue weighted by molar-refractivity contribution is 7.25. The molecule has 11 rings (SSSR count). The molecular weight excluding hydrogens is 697 g/mol. The van der Waals surface area contributed by atoms with Crippen LogP contribution in [0.5, 0.6) is 0 Å². The fourth-order valence-corrected chi connectivity index (χ4v) is 10.0. The van der Waals surface area contributed by atoms with Crippen molar-refractivity contribution in [2.45, 2.75) is 19.3 Å². The summed E-state index contributed by atoms with van der Waals surface area (Å²) in [7, 11) is 0. The molecule has 1 aliphatic rings. The Labute approximate surface area is 330 Å². The maximum Gasteiger partial charge on any atom is 0.160 e. The van der Waals surface area contributed by atoms with E-state index in [-0.39, 0.29) is 5.41 Å². The first-order valence-electron chi connectivity index (χ1n) is 19.2. The molecule has 1 aliphatic carbocycles. The van der Waals surface area contributed by atoms with Crippen LogP contribution in [0.4, 0.5) is 0 Å². The zero-order valence-corrected chi connectivity index (χ0v) is 31.9. The van der Waals surface area contributed by atoms with E-state index in [1.165, 1.54) is 64.3 Å². The Morgan fingerprint density at radius 1 is 0.393 bits per heavy atom. The van der Waals surface area contributed by atoms with Gasteiger partial charge in [-0.2, -0.15) is 0 Å². The number of thiophene rings is 1. The predicted octanol–water partition coefficient (Wildman–Crippen LogP) is 14.6. The first-order chi connectivity index (χ1) is 27.5. The number of fused-ring (bicyclic) bond motifs is 7. The van der Waals surface area contributed by atoms with Crippen molar-refractivity contribution in [1.29, 1.82) is 0 Å². The highest BCUT2D eigenvalue weighted by Gasteiger charge is 2.35. The molecule has 3 heteroatoms. The lowest BCUT2D eigenvalue weighted by Gasteiger charge is -2.22. The monoisotopic (exact) mass is 732 g/mol. The zero-order chi connectivity index (χ0) is 37.4. The maximum atomic E-state index is 5.36. The van der Waals surface area contributed by atoms with E-state index >= 15 is 0 Å². The SMILES string of the molecule is CC1(C)c2ccccc2-c2ccc(-c3cc(-c4cc(-c5cccc6ccccc56)cc(-c5cccc6sc7ccccc7c56)c4)nc(-c4ccccc4)n3)cc21. The Morgan fingerprint density at radius 3 is 1.88 bits per heavy atom. The molecule has 56 heavy (non-hydrogen) atoms. The van der Waals surface area contributed by atoms with Crippen molar-refractivity contribution in [3.63, 3.8) is 0 Å². The minimum absolute atomic E-state index is 0.116. The molecule has 0 atom stereocenters. The third kappa shape index (κ3) is 5.23. The van der Waals surface area contributed by atoms with E-state index in [0.29, 0.717) is 5.82 Å². The van der Waals surface area contributed by atoms with Crippen LogP contribution in [0, 0.1) is 0 Å². The van der Waals surface area contributed by atoms with Crippen LogP contribution < -0.4 is 0 Å². The number of nitrogens with zero attached hydrogens (tertiary/aromatic N) is 2. The molecule has 0 bridgehead atoms. The largest absolute Gasteiger partial charge is 0.228 e. The van der Waals surface area contributed by atoms with Crippen LogP contribution in [0.15, 0.2) is 182 Å². The van der Waals surface area contributed by atoms with Crippen LogP contribution in [0.25, 0.3) is 98.2 Å². The fourth-order valence-electron chi connectivity index (χ4n) is 8.90. The minimum atomic E-state index is -0.116. The average molecular weight is 733 g/mol. The molecule has 0 radical (unpaired) electrons. The van der Waals surface area contributed by atoms with Crippen molar-refractivity contribution >= 4 is 42.3 Å². The second kappa shape index (κ2) is 12.7. The van der Waals surface area contributed by atoms with Crippen LogP contribution in [-0.4, -0.2) is 9.97 Å². The van der Waals surface area contributed by atoms with E-state index in [1.807, 2.05) is 17.4 Å². The normalized spacial score (nSPS) is 13.0. The molecule has 0 saturated carbocycles. The molecule has 2 heterocycles. The molecule has 0 spiro atoms. The quantitative estimate of drug-likeness (QED) is 0.176. The van der Waals surface area contributed by atoms with Crippen LogP contribution >= 0.6 is 11.3 Å². The summed E-state index contributed by atoms with van der Waals surface area (Å²) in [5.74, 6) is 0.712. The van der Waals surface area contributed by atoms with E-state index < -0.39 is 0 Å². The van der Waals surface area contributed by atoms with Gasteiger partial charge >= 0.3 is 0 Å². The number of rotatable bonds is 5. The summed E-state index contributed by atoms with van der Waals surface area (Å²) in [4.78, 5) is 10.6. The van der Waals surface area contributed by atoms with E-state index in [0.717, 1.165) is 39.2 Å². The topological polar surface area (TPSA) is 25.8 Å². The van der Waals surface area contributed by atoms with Gasteiger partial charge in [0.15, 0.2) is 5.82 Å². The second-order valence-electron chi connectivity index (χ2n) is 15.4. The van der Waals surface area contributed by atoms with Gasteiger partial charge in [-0.1, -0.05) is 153 Å². The van der Waals surface area contributed by atoms with Crippen LogP contribution in [0.1, 0.15) is 25.0 Å². The van der Waals surface area contributed by atoms with Crippen molar-refractivity contribution in [3.8, 4) is 67.3 Å². The van der Waals surface area contributed by atoms with Gasteiger partial charge in [0.25, 0.3) is 0 Å². The van der Waals surface area contributed by atoms with Crippen molar-refractivity contribution in [3.05, 3.63) is 193 Å². The highest BCUT2D eigenvalue weighted by Crippen LogP contribution is 2.50. The predicted molar refractivity (Wildman–Crippen MR) is 237 cm³/mol. The van der Waals surface area contributed by atoms with Gasteiger partial charge in [0.1, 0.15) is 0 Å². The number of hydrogen-bond donors (Lipinski definition) is 0. The maximum absolute atomic E-state index is 5.36. The Kier molecular flexibility index (Phi) is 7.42. The number of hydrogen-bond acceptors (Lipinski definition) is 3. The third-order valence-corrected chi connectivity index (χ3v) is 12.8. The molecule has 2 nitrogen and oxygen atoms in total. The lowest BCUT2D eigenvalue weighted by atomic mass is 9.82. The van der Waals surface area contributed by atoms with E-state index in [1.54, 1.807) is 0 Å². The minimum Gasteiger partial charge on any atom is -0.228 e. The summed E-state index contributed by atoms with van der Waals surface area (Å²) >= 11 is 1.86. The molecule has 0 fully saturated rings. The standard InChI is InChI=1S/C53H36N2S/c1-53(2)45-23-10-8-19-42(45)43-27-26-35(31-46(43)53)47-32-48(55-52(54-47)34-15-4-3-5-16-34)38-29-36(40-21-12-17-33-14-6-7-18-39(33)40)28-37(30-38)41-22-13-25-50-51(41)44-20-9-11-24-49(44)56-50/h3-32H,1-2H3. The Morgan fingerprint density at radius 2 is 1.00 bits per heavy atom. The van der Waals surface area contributed by atoms with Crippen molar-refractivity contribution in [1.82, 2.24) is 9.97 Å². The van der Waals surface area contributed by atoms with Gasteiger partial charge in [0.05, 0.1) is 11.4 Å². The van der Waals surface area contributed by atoms with Gasteiger partial charge in [-0.3, -0.25) is 0 Å². The molecule has 264 valence electrons. The van der Waals surface area contributed by atoms with Gasteiger partial charge in [0, 0.05) is 42.3 Å². The number of benzene rings is 8. The molecular formula is C53H36N2S. The molecule has 10 aromatic rings. The summed E-state index contributed by atoms with van der Waals surface area (Å²) in [5.41, 5.74) is 14.9. The Hall–Kier alpha value is -6.68. The first kappa shape index (κ1) is 32.7. The number of aromatic nitrogens is 2. The van der Waals surface area contributed by atoms with Crippen molar-refractivity contribution in [2.24, 2.45) is 0 Å². The molecule has 0 saturated heterocycles. The van der Waals surface area contributed by atoms with Crippen LogP contribution in [0.2, 0.25) is 0 Å². The summed E-state index contributed by atoms with van der Waals surface area (Å²) in [6.45, 7) is 4.67. The smallest absolute Gasteiger partial charge is 0.160 e. The van der Waals surface area contributed by atoms with E-state index in [9.17, 15) is 0 Å². The highest BCUT2D eigenvalue weighted by atomic mass is 32.1. The van der Waals surface area contributed by atoms with Crippen LogP contribution in [0.3, 0.4) is 0 Å². The average Bonchev–Trinajstić information content (AvgIpc) is 3.75. The zero-order valence-electron chi connectivity index (χ0n) is 31.1. The van der Waals surface area contributed by atoms with Gasteiger partial charge in [-0.15, -0.1) is 11.3 Å². The molecule has 0 unspecified atom stereocenters. The van der Waals surface area contributed by atoms with E-state index in [2.05, 4.69) is 190 Å². The lowest BCUT2D eigenvalue weighted by molar-refractivity contribution is 0.660. The van der Waals surface area contributed by atoms with Crippen LogP contribution in [-0.2, 0) is 5.41 Å². The summed E-state index contributed by atoms with van der Waals surface area (Å²) in [6, 6.07) is 66.0. The molecule has 0 aliphatic heterocycles. The van der Waals surface area contributed by atoms with Gasteiger partial charge in [-0.05, 0) is 97.7 Å². The molecule has 0 amide bonds. The Bertz CT molecular complexity index is 3170. The molecule has 8 aromatic carbocycles. The first-order valence-corrected chi connectivity index (χ1v) is 20.0. The van der Waals surface area contributed by atoms with Gasteiger partial charge < -0.3 is 0 Å². The fraction of sp³-hybridized carbons (Fsp3) is 0.0566. The second-order valence-corrected chi connectivity index (χ2v) is 16.4. The Balaban J connectivity index is 1.16. The summed E-state index contributed by atoms with van der Waals surface area (Å²) < 4.78 is 2.59. The van der Waals surface area contributed by atoms with Crippen molar-refractivity contribution in [2.75, 3.05) is 0 Å². The van der Waals surface area contributed by atoms with E-state index in [4.69, 9.17) is 9.97 Å². The lowest BCUT2D eigenvalue weighted by Crippen LogP contribution is -2.14. The van der Waals surface area contributed by atoms with Gasteiger partial charge in [0.2, 0.25) is 0 Å². The van der Waals surface area contributed by atoms with Gasteiger partial charge in [-0.25, -0.2) is 9.97 Å². The molecule has 0 N–H and O–H groups in total. The van der Waals surface area contributed by atoms with Crippen molar-refractivity contribution < 1.29 is 0 Å². The summed E-state index contributed by atoms with van der Waals surface area (Å²) in [6.07, 6.45) is 0.